The van der Waals surface area contributed by atoms with Crippen molar-refractivity contribution in [1.29, 1.82) is 0 Å². The number of benzene rings is 1. The van der Waals surface area contributed by atoms with Crippen molar-refractivity contribution in [3.8, 4) is 0 Å². The highest BCUT2D eigenvalue weighted by atomic mass is 32.2. The monoisotopic (exact) mass is 451 g/mol. The number of nitrogens with two attached hydrogens (primary N) is 1. The fraction of sp³-hybridized carbons (Fsp3) is 0.385. The van der Waals surface area contributed by atoms with Crippen LogP contribution in [0.2, 0.25) is 0 Å². The first-order chi connectivity index (χ1) is 15.4. The van der Waals surface area contributed by atoms with Crippen LogP contribution in [0.3, 0.4) is 0 Å². The zero-order valence-electron chi connectivity index (χ0n) is 19.1. The number of rotatable bonds is 1. The molecule has 0 aliphatic carbocycles. The first-order valence-corrected chi connectivity index (χ1v) is 13.5. The van der Waals surface area contributed by atoms with Gasteiger partial charge in [0.25, 0.3) is 0 Å². The van der Waals surface area contributed by atoms with E-state index >= 15 is 0 Å². The van der Waals surface area contributed by atoms with Crippen molar-refractivity contribution in [3.05, 3.63) is 66.1 Å². The van der Waals surface area contributed by atoms with Gasteiger partial charge in [-0.2, -0.15) is 0 Å². The summed E-state index contributed by atoms with van der Waals surface area (Å²) in [5.41, 5.74) is 4.36. The van der Waals surface area contributed by atoms with Crippen LogP contribution in [-0.4, -0.2) is 28.3 Å². The third-order valence-electron chi connectivity index (χ3n) is 5.58. The fourth-order valence-electron chi connectivity index (χ4n) is 3.82. The molecule has 2 aromatic rings. The second-order valence-corrected chi connectivity index (χ2v) is 10.9. The van der Waals surface area contributed by atoms with Gasteiger partial charge in [0, 0.05) is 35.2 Å². The van der Waals surface area contributed by atoms with Crippen molar-refractivity contribution in [2.75, 3.05) is 11.9 Å². The summed E-state index contributed by atoms with van der Waals surface area (Å²) in [6.07, 6.45) is 18.1. The summed E-state index contributed by atoms with van der Waals surface area (Å²) in [4.78, 5) is 10.0. The summed E-state index contributed by atoms with van der Waals surface area (Å²) in [5, 5.41) is 13.1. The Hall–Kier alpha value is -2.57. The maximum atomic E-state index is 6.31. The normalized spacial score (nSPS) is 18.0. The molecule has 0 fully saturated rings. The van der Waals surface area contributed by atoms with Crippen molar-refractivity contribution in [1.82, 2.24) is 15.3 Å². The minimum Gasteiger partial charge on any atom is -0.389 e. The summed E-state index contributed by atoms with van der Waals surface area (Å²) >= 11 is 0. The number of aryl methyl sites for hydroxylation is 1. The molecule has 4 bridgehead atoms. The lowest BCUT2D eigenvalue weighted by molar-refractivity contribution is 0.609. The molecule has 1 aromatic heterocycles. The van der Waals surface area contributed by atoms with Gasteiger partial charge in [-0.25, -0.2) is 9.97 Å². The van der Waals surface area contributed by atoms with Gasteiger partial charge in [0.15, 0.2) is 0 Å². The van der Waals surface area contributed by atoms with Gasteiger partial charge >= 0.3 is 0 Å². The van der Waals surface area contributed by atoms with Crippen LogP contribution in [0.25, 0.3) is 0 Å². The highest BCUT2D eigenvalue weighted by Gasteiger charge is 2.07. The summed E-state index contributed by atoms with van der Waals surface area (Å²) in [6, 6.07) is 6.16. The molecule has 172 valence electrons. The maximum absolute atomic E-state index is 6.31. The lowest BCUT2D eigenvalue weighted by Gasteiger charge is -2.16. The Kier molecular flexibility index (Phi) is 8.94. The van der Waals surface area contributed by atoms with Crippen molar-refractivity contribution in [2.24, 2.45) is 5.14 Å². The largest absolute Gasteiger partial charge is 0.389 e. The molecule has 1 aromatic carbocycles. The standard InChI is InChI=1S/C26H37N5S/c1-21-12-11-13-22-19-29-26(30-20-22)31-24-15-16-25(32(2,3)27)23(18-24)14-9-7-5-4-6-8-10-17-28-21/h7,9,15-16,18-20,28H,1-6,8,10-14,17,27H2,(H,29,30,31)/b9-7-. The number of anilines is 2. The van der Waals surface area contributed by atoms with Gasteiger partial charge in [-0.1, -0.05) is 43.3 Å². The van der Waals surface area contributed by atoms with Gasteiger partial charge in [-0.3, -0.25) is 5.14 Å². The van der Waals surface area contributed by atoms with Crippen LogP contribution >= 0.6 is 9.39 Å². The lowest BCUT2D eigenvalue weighted by atomic mass is 10.1. The summed E-state index contributed by atoms with van der Waals surface area (Å²) in [5.74, 6) is 8.82. The van der Waals surface area contributed by atoms with Crippen molar-refractivity contribution < 1.29 is 0 Å². The lowest BCUT2D eigenvalue weighted by Crippen LogP contribution is -2.14. The van der Waals surface area contributed by atoms with Gasteiger partial charge in [0.05, 0.1) is 0 Å². The molecule has 5 nitrogen and oxygen atoms in total. The third kappa shape index (κ3) is 7.84. The van der Waals surface area contributed by atoms with Gasteiger partial charge < -0.3 is 10.6 Å². The fourth-order valence-corrected chi connectivity index (χ4v) is 4.82. The van der Waals surface area contributed by atoms with Crippen LogP contribution in [-0.2, 0) is 12.8 Å². The summed E-state index contributed by atoms with van der Waals surface area (Å²) in [6.45, 7) is 5.17. The molecule has 4 rings (SSSR count). The van der Waals surface area contributed by atoms with E-state index in [0.717, 1.165) is 66.1 Å². The van der Waals surface area contributed by atoms with Gasteiger partial charge in [0.2, 0.25) is 5.95 Å². The average molecular weight is 452 g/mol. The van der Waals surface area contributed by atoms with E-state index in [4.69, 9.17) is 5.14 Å². The molecule has 2 aliphatic rings. The van der Waals surface area contributed by atoms with Crippen LogP contribution in [0.4, 0.5) is 11.6 Å². The Bertz CT molecular complexity index is 1020. The van der Waals surface area contributed by atoms with E-state index < -0.39 is 9.39 Å². The molecule has 6 heteroatoms. The second-order valence-electron chi connectivity index (χ2n) is 8.57. The molecule has 0 saturated heterocycles. The molecule has 0 radical (unpaired) electrons. The quantitative estimate of drug-likeness (QED) is 0.388. The van der Waals surface area contributed by atoms with E-state index in [9.17, 15) is 0 Å². The number of allylic oxidation sites excluding steroid dienone is 3. The summed E-state index contributed by atoms with van der Waals surface area (Å²) < 4.78 is 0. The van der Waals surface area contributed by atoms with E-state index in [1.807, 2.05) is 24.5 Å². The van der Waals surface area contributed by atoms with Crippen molar-refractivity contribution >= 4 is 32.8 Å². The Morgan fingerprint density at radius 2 is 1.72 bits per heavy atom. The Balaban J connectivity index is 1.78. The predicted molar refractivity (Wildman–Crippen MR) is 142 cm³/mol. The first kappa shape index (κ1) is 24.1. The average Bonchev–Trinajstić information content (AvgIpc) is 2.75. The molecule has 0 unspecified atom stereocenters. The molecule has 0 spiro atoms. The zero-order valence-corrected chi connectivity index (χ0v) is 19.9. The summed E-state index contributed by atoms with van der Waals surface area (Å²) in [7, 11) is -1.80. The van der Waals surface area contributed by atoms with Crippen LogP contribution < -0.4 is 15.8 Å². The second kappa shape index (κ2) is 11.9. The predicted octanol–water partition coefficient (Wildman–Crippen LogP) is 5.61. The van der Waals surface area contributed by atoms with E-state index in [1.54, 1.807) is 0 Å². The molecule has 2 aliphatic heterocycles. The third-order valence-corrected chi connectivity index (χ3v) is 6.86. The highest BCUT2D eigenvalue weighted by Crippen LogP contribution is 2.31. The van der Waals surface area contributed by atoms with Crippen molar-refractivity contribution in [2.45, 2.75) is 62.7 Å². The molecular formula is C26H37N5S. The maximum Gasteiger partial charge on any atom is 0.227 e. The molecule has 0 saturated carbocycles. The van der Waals surface area contributed by atoms with Crippen LogP contribution in [0.5, 0.6) is 0 Å². The number of nitrogens with zero attached hydrogens (tertiary/aromatic N) is 2. The number of aromatic nitrogens is 2. The van der Waals surface area contributed by atoms with Gasteiger partial charge in [0.1, 0.15) is 0 Å². The SMILES string of the molecule is C=C1CCCc2cnc(nc2)Nc2ccc(S(=C)(=C)N)c(c2)C/C=C\CCCCCCN1. The van der Waals surface area contributed by atoms with E-state index in [-0.39, 0.29) is 0 Å². The number of hydrogen-bond acceptors (Lipinski definition) is 5. The first-order valence-electron chi connectivity index (χ1n) is 11.5. The van der Waals surface area contributed by atoms with Gasteiger partial charge in [-0.05, 0) is 74.3 Å². The van der Waals surface area contributed by atoms with Crippen LogP contribution in [0, 0.1) is 0 Å². The van der Waals surface area contributed by atoms with Crippen LogP contribution in [0.1, 0.15) is 56.1 Å². The molecule has 0 atom stereocenters. The minimum atomic E-state index is -1.80. The molecule has 4 N–H and O–H groups in total. The molecular weight excluding hydrogens is 414 g/mol. The minimum absolute atomic E-state index is 0.590. The van der Waals surface area contributed by atoms with Crippen molar-refractivity contribution in [3.63, 3.8) is 0 Å². The number of fused-ring (bicyclic) bond motifs is 14. The Labute approximate surface area is 193 Å². The number of nitrogens with one attached hydrogen (secondary N) is 2. The topological polar surface area (TPSA) is 75.9 Å². The van der Waals surface area contributed by atoms with E-state index in [2.05, 4.69) is 57.1 Å². The molecule has 3 heterocycles. The van der Waals surface area contributed by atoms with E-state index in [1.165, 1.54) is 25.7 Å². The van der Waals surface area contributed by atoms with Gasteiger partial charge in [-0.15, -0.1) is 9.39 Å². The zero-order chi connectivity index (χ0) is 22.8. The van der Waals surface area contributed by atoms with E-state index in [0.29, 0.717) is 5.95 Å². The Morgan fingerprint density at radius 3 is 2.50 bits per heavy atom. The Morgan fingerprint density at radius 1 is 0.938 bits per heavy atom. The highest BCUT2D eigenvalue weighted by molar-refractivity contribution is 8.26. The van der Waals surface area contributed by atoms with Crippen LogP contribution in [0.15, 0.2) is 59.9 Å². The smallest absolute Gasteiger partial charge is 0.227 e. The number of hydrogen-bond donors (Lipinski definition) is 3. The molecule has 32 heavy (non-hydrogen) atoms. The molecule has 0 amide bonds.